The number of H-pyrrole nitrogens is 1. The molecule has 0 saturated carbocycles. The maximum atomic E-state index is 12.9. The lowest BCUT2D eigenvalue weighted by Gasteiger charge is -2.11. The minimum atomic E-state index is -0.901. The Hall–Kier alpha value is -2.77. The normalized spacial score (nSPS) is 12.2. The van der Waals surface area contributed by atoms with Crippen LogP contribution in [0.1, 0.15) is 33.5 Å². The minimum Gasteiger partial charge on any atom is -0.450 e. The van der Waals surface area contributed by atoms with Gasteiger partial charge >= 0.3 is 5.97 Å². The molecule has 0 amide bonds. The van der Waals surface area contributed by atoms with E-state index in [1.54, 1.807) is 23.6 Å². The minimum absolute atomic E-state index is 0.221. The Labute approximate surface area is 163 Å². The van der Waals surface area contributed by atoms with Crippen LogP contribution in [0.5, 0.6) is 0 Å². The highest BCUT2D eigenvalue weighted by Gasteiger charge is 2.25. The molecule has 4 aromatic rings. The molecule has 5 nitrogen and oxygen atoms in total. The quantitative estimate of drug-likeness (QED) is 0.377. The third kappa shape index (κ3) is 3.31. The van der Waals surface area contributed by atoms with Gasteiger partial charge in [0.05, 0.1) is 4.88 Å². The second kappa shape index (κ2) is 7.09. The van der Waals surface area contributed by atoms with Crippen LogP contribution in [0.3, 0.4) is 0 Å². The fourth-order valence-electron chi connectivity index (χ4n) is 2.95. The first kappa shape index (κ1) is 17.6. The molecule has 0 aliphatic heterocycles. The number of aromatic nitrogens is 2. The molecule has 27 heavy (non-hydrogen) atoms. The van der Waals surface area contributed by atoms with E-state index >= 15 is 0 Å². The molecule has 0 radical (unpaired) electrons. The van der Waals surface area contributed by atoms with Gasteiger partial charge in [0.1, 0.15) is 5.01 Å². The zero-order chi connectivity index (χ0) is 19.0. The molecule has 1 atom stereocenters. The van der Waals surface area contributed by atoms with Gasteiger partial charge in [0.25, 0.3) is 0 Å². The smallest absolute Gasteiger partial charge is 0.358 e. The molecule has 0 fully saturated rings. The lowest BCUT2D eigenvalue weighted by molar-refractivity contribution is 0.0314. The first-order valence-corrected chi connectivity index (χ1v) is 10.1. The molecule has 0 spiro atoms. The highest BCUT2D eigenvalue weighted by atomic mass is 32.1. The van der Waals surface area contributed by atoms with Crippen LogP contribution < -0.4 is 0 Å². The van der Waals surface area contributed by atoms with Gasteiger partial charge in [0.15, 0.2) is 11.8 Å². The third-order valence-corrected chi connectivity index (χ3v) is 6.12. The summed E-state index contributed by atoms with van der Waals surface area (Å²) in [7, 11) is 0. The number of thiophene rings is 1. The van der Waals surface area contributed by atoms with Gasteiger partial charge < -0.3 is 9.72 Å². The van der Waals surface area contributed by atoms with Gasteiger partial charge in [-0.25, -0.2) is 9.78 Å². The van der Waals surface area contributed by atoms with Crippen molar-refractivity contribution in [3.8, 4) is 9.88 Å². The molecule has 0 aliphatic rings. The molecular weight excluding hydrogens is 380 g/mol. The monoisotopic (exact) mass is 396 g/mol. The van der Waals surface area contributed by atoms with E-state index in [1.807, 2.05) is 48.7 Å². The summed E-state index contributed by atoms with van der Waals surface area (Å²) in [6.07, 6.45) is -0.901. The summed E-state index contributed by atoms with van der Waals surface area (Å²) in [5.41, 5.74) is 2.43. The van der Waals surface area contributed by atoms with Crippen molar-refractivity contribution in [1.82, 2.24) is 9.97 Å². The number of nitrogens with zero attached hydrogens (tertiary/aromatic N) is 1. The SMILES string of the molecule is Cc1[nH]c2ccccc2c1C(=O)[C@@H](C)OC(=O)c1csc(-c2cccs2)n1. The number of benzene rings is 1. The number of aryl methyl sites for hydroxylation is 1. The molecule has 1 N–H and O–H groups in total. The summed E-state index contributed by atoms with van der Waals surface area (Å²) in [5, 5.41) is 5.21. The van der Waals surface area contributed by atoms with Crippen LogP contribution in [0.2, 0.25) is 0 Å². The Morgan fingerprint density at radius 3 is 2.74 bits per heavy atom. The number of rotatable bonds is 5. The number of carbonyl (C=O) groups is 2. The zero-order valence-corrected chi connectivity index (χ0v) is 16.3. The first-order chi connectivity index (χ1) is 13.0. The number of esters is 1. The fraction of sp³-hybridized carbons (Fsp3) is 0.150. The third-order valence-electron chi connectivity index (χ3n) is 4.24. The Bertz CT molecular complexity index is 1130. The molecule has 7 heteroatoms. The standard InChI is InChI=1S/C20H16N2O3S2/c1-11-17(13-6-3-4-7-14(13)21-11)18(23)12(2)25-20(24)15-10-27-19(22-15)16-8-5-9-26-16/h3-10,12,21H,1-2H3/t12-/m1/s1. The highest BCUT2D eigenvalue weighted by molar-refractivity contribution is 7.20. The Morgan fingerprint density at radius 2 is 1.96 bits per heavy atom. The van der Waals surface area contributed by atoms with E-state index in [0.29, 0.717) is 5.56 Å². The number of hydrogen-bond donors (Lipinski definition) is 1. The molecular formula is C20H16N2O3S2. The van der Waals surface area contributed by atoms with Gasteiger partial charge in [0.2, 0.25) is 5.78 Å². The van der Waals surface area contributed by atoms with Gasteiger partial charge in [-0.2, -0.15) is 0 Å². The second-order valence-corrected chi connectivity index (χ2v) is 7.90. The molecule has 0 bridgehead atoms. The van der Waals surface area contributed by atoms with Crippen LogP contribution >= 0.6 is 22.7 Å². The number of hydrogen-bond acceptors (Lipinski definition) is 6. The van der Waals surface area contributed by atoms with Crippen LogP contribution in [0.15, 0.2) is 47.2 Å². The van der Waals surface area contributed by atoms with E-state index in [0.717, 1.165) is 26.5 Å². The van der Waals surface area contributed by atoms with Crippen LogP contribution in [0.4, 0.5) is 0 Å². The van der Waals surface area contributed by atoms with Crippen molar-refractivity contribution in [2.45, 2.75) is 20.0 Å². The zero-order valence-electron chi connectivity index (χ0n) is 14.7. The average molecular weight is 396 g/mol. The molecule has 1 aromatic carbocycles. The number of ketones is 1. The second-order valence-electron chi connectivity index (χ2n) is 6.10. The number of aromatic amines is 1. The van der Waals surface area contributed by atoms with E-state index < -0.39 is 12.1 Å². The number of para-hydroxylation sites is 1. The number of thiazole rings is 1. The summed E-state index contributed by atoms with van der Waals surface area (Å²) >= 11 is 2.94. The van der Waals surface area contributed by atoms with E-state index in [9.17, 15) is 9.59 Å². The lowest BCUT2D eigenvalue weighted by atomic mass is 10.0. The van der Waals surface area contributed by atoms with Crippen LogP contribution in [-0.2, 0) is 4.74 Å². The largest absolute Gasteiger partial charge is 0.450 e. The number of Topliss-reactive ketones (excluding diaryl/α,β-unsaturated/α-hetero) is 1. The average Bonchev–Trinajstić information content (AvgIpc) is 3.39. The van der Waals surface area contributed by atoms with Crippen LogP contribution in [0, 0.1) is 6.92 Å². The number of carbonyl (C=O) groups excluding carboxylic acids is 2. The van der Waals surface area contributed by atoms with Crippen molar-refractivity contribution in [2.75, 3.05) is 0 Å². The van der Waals surface area contributed by atoms with E-state index in [1.165, 1.54) is 11.3 Å². The first-order valence-electron chi connectivity index (χ1n) is 8.36. The number of nitrogens with one attached hydrogen (secondary N) is 1. The van der Waals surface area contributed by atoms with Gasteiger partial charge in [-0.15, -0.1) is 22.7 Å². The van der Waals surface area contributed by atoms with E-state index in [4.69, 9.17) is 4.74 Å². The highest BCUT2D eigenvalue weighted by Crippen LogP contribution is 2.28. The predicted molar refractivity (Wildman–Crippen MR) is 108 cm³/mol. The van der Waals surface area contributed by atoms with E-state index in [2.05, 4.69) is 9.97 Å². The molecule has 0 unspecified atom stereocenters. The Kier molecular flexibility index (Phi) is 4.63. The van der Waals surface area contributed by atoms with Crippen molar-refractivity contribution >= 4 is 45.3 Å². The van der Waals surface area contributed by atoms with Crippen LogP contribution in [-0.4, -0.2) is 27.8 Å². The van der Waals surface area contributed by atoms with Crippen molar-refractivity contribution in [3.05, 3.63) is 64.1 Å². The van der Waals surface area contributed by atoms with Gasteiger partial charge in [-0.05, 0) is 31.4 Å². The summed E-state index contributed by atoms with van der Waals surface area (Å²) < 4.78 is 5.40. The molecule has 3 heterocycles. The summed E-state index contributed by atoms with van der Waals surface area (Å²) in [6.45, 7) is 3.43. The topological polar surface area (TPSA) is 72.1 Å². The lowest BCUT2D eigenvalue weighted by Crippen LogP contribution is -2.25. The number of fused-ring (bicyclic) bond motifs is 1. The van der Waals surface area contributed by atoms with Gasteiger partial charge in [-0.1, -0.05) is 24.3 Å². The summed E-state index contributed by atoms with van der Waals surface area (Å²) in [5.74, 6) is -0.820. The molecule has 4 rings (SSSR count). The van der Waals surface area contributed by atoms with Crippen molar-refractivity contribution in [1.29, 1.82) is 0 Å². The summed E-state index contributed by atoms with van der Waals surface area (Å²) in [4.78, 5) is 33.8. The molecule has 3 aromatic heterocycles. The van der Waals surface area contributed by atoms with E-state index in [-0.39, 0.29) is 11.5 Å². The van der Waals surface area contributed by atoms with Crippen molar-refractivity contribution < 1.29 is 14.3 Å². The van der Waals surface area contributed by atoms with Crippen molar-refractivity contribution in [3.63, 3.8) is 0 Å². The van der Waals surface area contributed by atoms with Crippen molar-refractivity contribution in [2.24, 2.45) is 0 Å². The molecule has 0 saturated heterocycles. The molecule has 136 valence electrons. The number of ether oxygens (including phenoxy) is 1. The van der Waals surface area contributed by atoms with Gasteiger partial charge in [0, 0.05) is 27.5 Å². The predicted octanol–water partition coefficient (Wildman–Crippen LogP) is 5.09. The Morgan fingerprint density at radius 1 is 1.15 bits per heavy atom. The Balaban J connectivity index is 1.53. The fourth-order valence-corrected chi connectivity index (χ4v) is 4.56. The summed E-state index contributed by atoms with van der Waals surface area (Å²) in [6, 6.07) is 11.5. The maximum Gasteiger partial charge on any atom is 0.358 e. The van der Waals surface area contributed by atoms with Gasteiger partial charge in [-0.3, -0.25) is 4.79 Å². The molecule has 0 aliphatic carbocycles. The maximum absolute atomic E-state index is 12.9. The van der Waals surface area contributed by atoms with Crippen LogP contribution in [0.25, 0.3) is 20.8 Å².